The van der Waals surface area contributed by atoms with Crippen LogP contribution in [0, 0.1) is 0 Å². The minimum absolute atomic E-state index is 0.0583. The molecule has 4 heteroatoms. The van der Waals surface area contributed by atoms with Crippen molar-refractivity contribution in [2.24, 2.45) is 0 Å². The number of methoxy groups -OCH3 is 1. The van der Waals surface area contributed by atoms with E-state index in [4.69, 9.17) is 0 Å². The highest BCUT2D eigenvalue weighted by Gasteiger charge is 2.15. The predicted molar refractivity (Wildman–Crippen MR) is 81.4 cm³/mol. The van der Waals surface area contributed by atoms with Gasteiger partial charge in [0.25, 0.3) is 5.91 Å². The van der Waals surface area contributed by atoms with Crippen molar-refractivity contribution in [2.75, 3.05) is 7.11 Å². The third-order valence-electron chi connectivity index (χ3n) is 4.01. The fraction of sp³-hybridized carbons (Fsp3) is 0.529. The van der Waals surface area contributed by atoms with Crippen molar-refractivity contribution in [1.29, 1.82) is 0 Å². The zero-order valence-corrected chi connectivity index (χ0v) is 12.6. The molecule has 1 aliphatic rings. The summed E-state index contributed by atoms with van der Waals surface area (Å²) in [6.45, 7) is 0. The van der Waals surface area contributed by atoms with Crippen molar-refractivity contribution in [3.8, 4) is 0 Å². The summed E-state index contributed by atoms with van der Waals surface area (Å²) >= 11 is 0. The molecule has 0 bridgehead atoms. The van der Waals surface area contributed by atoms with Gasteiger partial charge in [-0.15, -0.1) is 0 Å². The zero-order valence-electron chi connectivity index (χ0n) is 12.6. The Kier molecular flexibility index (Phi) is 5.78. The van der Waals surface area contributed by atoms with Crippen LogP contribution in [-0.2, 0) is 4.74 Å². The van der Waals surface area contributed by atoms with Gasteiger partial charge < -0.3 is 10.1 Å². The summed E-state index contributed by atoms with van der Waals surface area (Å²) in [6.07, 6.45) is 8.34. The van der Waals surface area contributed by atoms with Crippen LogP contribution in [0.4, 0.5) is 0 Å². The quantitative estimate of drug-likeness (QED) is 0.868. The Morgan fingerprint density at radius 1 is 0.952 bits per heavy atom. The second kappa shape index (κ2) is 7.81. The Bertz CT molecular complexity index is 473. The molecule has 0 aliphatic heterocycles. The van der Waals surface area contributed by atoms with Gasteiger partial charge in [0, 0.05) is 11.6 Å². The molecule has 0 atom stereocenters. The number of hydrogen-bond donors (Lipinski definition) is 1. The summed E-state index contributed by atoms with van der Waals surface area (Å²) < 4.78 is 4.64. The average Bonchev–Trinajstić information content (AvgIpc) is 2.49. The topological polar surface area (TPSA) is 55.4 Å². The molecule has 0 radical (unpaired) electrons. The lowest BCUT2D eigenvalue weighted by atomic mass is 9.96. The monoisotopic (exact) mass is 289 g/mol. The largest absolute Gasteiger partial charge is 0.465 e. The van der Waals surface area contributed by atoms with Gasteiger partial charge in [-0.3, -0.25) is 4.79 Å². The first-order chi connectivity index (χ1) is 10.2. The summed E-state index contributed by atoms with van der Waals surface area (Å²) in [5.41, 5.74) is 1.05. The van der Waals surface area contributed by atoms with Gasteiger partial charge in [-0.25, -0.2) is 4.79 Å². The SMILES string of the molecule is COC(=O)c1ccc(C(=O)NC2CCCCCCC2)cc1. The highest BCUT2D eigenvalue weighted by molar-refractivity contribution is 5.96. The summed E-state index contributed by atoms with van der Waals surface area (Å²) in [4.78, 5) is 23.6. The van der Waals surface area contributed by atoms with Gasteiger partial charge in [0.1, 0.15) is 0 Å². The van der Waals surface area contributed by atoms with Crippen LogP contribution in [0.1, 0.15) is 65.7 Å². The maximum absolute atomic E-state index is 12.2. The number of nitrogens with one attached hydrogen (secondary N) is 1. The Hall–Kier alpha value is -1.84. The number of esters is 1. The predicted octanol–water partition coefficient (Wildman–Crippen LogP) is 3.32. The Morgan fingerprint density at radius 3 is 2.05 bits per heavy atom. The fourth-order valence-electron chi connectivity index (χ4n) is 2.74. The number of carbonyl (C=O) groups is 2. The van der Waals surface area contributed by atoms with E-state index in [1.807, 2.05) is 0 Å². The highest BCUT2D eigenvalue weighted by atomic mass is 16.5. The van der Waals surface area contributed by atoms with Gasteiger partial charge in [-0.1, -0.05) is 32.1 Å². The number of amides is 1. The van der Waals surface area contributed by atoms with Crippen LogP contribution in [0.2, 0.25) is 0 Å². The molecule has 0 saturated heterocycles. The second-order valence-corrected chi connectivity index (χ2v) is 5.58. The minimum Gasteiger partial charge on any atom is -0.465 e. The van der Waals surface area contributed by atoms with Crippen molar-refractivity contribution in [2.45, 2.75) is 51.0 Å². The highest BCUT2D eigenvalue weighted by Crippen LogP contribution is 2.17. The number of ether oxygens (including phenoxy) is 1. The van der Waals surface area contributed by atoms with E-state index in [9.17, 15) is 9.59 Å². The lowest BCUT2D eigenvalue weighted by molar-refractivity contribution is 0.0600. The molecule has 0 unspecified atom stereocenters. The average molecular weight is 289 g/mol. The van der Waals surface area contributed by atoms with E-state index < -0.39 is 0 Å². The molecule has 4 nitrogen and oxygen atoms in total. The van der Waals surface area contributed by atoms with E-state index >= 15 is 0 Å². The van der Waals surface area contributed by atoms with Crippen LogP contribution >= 0.6 is 0 Å². The number of hydrogen-bond acceptors (Lipinski definition) is 3. The van der Waals surface area contributed by atoms with E-state index in [0.29, 0.717) is 11.1 Å². The van der Waals surface area contributed by atoms with Crippen LogP contribution in [0.15, 0.2) is 24.3 Å². The summed E-state index contributed by atoms with van der Waals surface area (Å²) in [7, 11) is 1.34. The third kappa shape index (κ3) is 4.59. The van der Waals surface area contributed by atoms with Crippen LogP contribution < -0.4 is 5.32 Å². The van der Waals surface area contributed by atoms with Gasteiger partial charge in [-0.2, -0.15) is 0 Å². The van der Waals surface area contributed by atoms with Crippen LogP contribution in [-0.4, -0.2) is 25.0 Å². The molecular formula is C17H23NO3. The molecule has 2 rings (SSSR count). The molecule has 1 fully saturated rings. The van der Waals surface area contributed by atoms with Gasteiger partial charge in [0.05, 0.1) is 12.7 Å². The Labute approximate surface area is 125 Å². The number of benzene rings is 1. The van der Waals surface area contributed by atoms with Crippen LogP contribution in [0.3, 0.4) is 0 Å². The second-order valence-electron chi connectivity index (χ2n) is 5.58. The van der Waals surface area contributed by atoms with Gasteiger partial charge in [-0.05, 0) is 37.1 Å². The first-order valence-corrected chi connectivity index (χ1v) is 7.70. The molecule has 1 N–H and O–H groups in total. The van der Waals surface area contributed by atoms with E-state index in [1.165, 1.54) is 39.2 Å². The van der Waals surface area contributed by atoms with Gasteiger partial charge >= 0.3 is 5.97 Å². The molecule has 1 saturated carbocycles. The number of rotatable bonds is 3. The summed E-state index contributed by atoms with van der Waals surface area (Å²) in [6, 6.07) is 6.87. The molecule has 21 heavy (non-hydrogen) atoms. The molecule has 1 aliphatic carbocycles. The van der Waals surface area contributed by atoms with E-state index in [1.54, 1.807) is 24.3 Å². The van der Waals surface area contributed by atoms with E-state index in [-0.39, 0.29) is 17.9 Å². The van der Waals surface area contributed by atoms with Gasteiger partial charge in [0.15, 0.2) is 0 Å². The maximum Gasteiger partial charge on any atom is 0.337 e. The maximum atomic E-state index is 12.2. The molecule has 0 spiro atoms. The standard InChI is InChI=1S/C17H23NO3/c1-21-17(20)14-11-9-13(10-12-14)16(19)18-15-7-5-3-2-4-6-8-15/h9-12,15H,2-8H2,1H3,(H,18,19). The zero-order chi connectivity index (χ0) is 15.1. The van der Waals surface area contributed by atoms with Crippen LogP contribution in [0.25, 0.3) is 0 Å². The lowest BCUT2D eigenvalue weighted by Crippen LogP contribution is -2.35. The Morgan fingerprint density at radius 2 is 1.48 bits per heavy atom. The lowest BCUT2D eigenvalue weighted by Gasteiger charge is -2.21. The molecular weight excluding hydrogens is 266 g/mol. The molecule has 1 aromatic carbocycles. The van der Waals surface area contributed by atoms with E-state index in [2.05, 4.69) is 10.1 Å². The molecule has 1 amide bonds. The minimum atomic E-state index is -0.387. The normalized spacial score (nSPS) is 16.6. The first kappa shape index (κ1) is 15.5. The van der Waals surface area contributed by atoms with E-state index in [0.717, 1.165) is 12.8 Å². The molecule has 114 valence electrons. The van der Waals surface area contributed by atoms with Crippen molar-refractivity contribution in [3.05, 3.63) is 35.4 Å². The van der Waals surface area contributed by atoms with Crippen molar-refractivity contribution >= 4 is 11.9 Å². The summed E-state index contributed by atoms with van der Waals surface area (Å²) in [5, 5.41) is 3.11. The molecule has 1 aromatic rings. The first-order valence-electron chi connectivity index (χ1n) is 7.70. The fourth-order valence-corrected chi connectivity index (χ4v) is 2.74. The molecule has 0 heterocycles. The molecule has 0 aromatic heterocycles. The van der Waals surface area contributed by atoms with Crippen molar-refractivity contribution in [3.63, 3.8) is 0 Å². The van der Waals surface area contributed by atoms with Crippen LogP contribution in [0.5, 0.6) is 0 Å². The smallest absolute Gasteiger partial charge is 0.337 e. The summed E-state index contributed by atoms with van der Waals surface area (Å²) in [5.74, 6) is -0.445. The van der Waals surface area contributed by atoms with Gasteiger partial charge in [0.2, 0.25) is 0 Å². The third-order valence-corrected chi connectivity index (χ3v) is 4.01. The Balaban J connectivity index is 1.94. The van der Waals surface area contributed by atoms with Crippen molar-refractivity contribution < 1.29 is 14.3 Å². The van der Waals surface area contributed by atoms with Crippen molar-refractivity contribution in [1.82, 2.24) is 5.32 Å². The number of carbonyl (C=O) groups excluding carboxylic acids is 2.